The van der Waals surface area contributed by atoms with Crippen LogP contribution in [-0.2, 0) is 17.3 Å². The van der Waals surface area contributed by atoms with E-state index in [0.717, 1.165) is 29.7 Å². The van der Waals surface area contributed by atoms with Crippen LogP contribution in [0.2, 0.25) is 0 Å². The van der Waals surface area contributed by atoms with Crippen LogP contribution in [0, 0.1) is 0 Å². The zero-order valence-electron chi connectivity index (χ0n) is 16.4. The van der Waals surface area contributed by atoms with Crippen molar-refractivity contribution in [2.75, 3.05) is 0 Å². The maximum atomic E-state index is 10.8. The van der Waals surface area contributed by atoms with Gasteiger partial charge in [0.15, 0.2) is 0 Å². The highest BCUT2D eigenvalue weighted by Gasteiger charge is 2.24. The number of hydrogen-bond acceptors (Lipinski definition) is 2. The largest absolute Gasteiger partial charge is 0.507 e. The summed E-state index contributed by atoms with van der Waals surface area (Å²) in [7, 11) is 0. The summed E-state index contributed by atoms with van der Waals surface area (Å²) in [5.41, 5.74) is 4.24. The molecule has 0 bridgehead atoms. The molecule has 0 aromatic heterocycles. The number of phenolic OH excluding ortho intramolecular Hbond substituents is 1. The third kappa shape index (κ3) is 5.19. The van der Waals surface area contributed by atoms with E-state index in [4.69, 9.17) is 0 Å². The van der Waals surface area contributed by atoms with E-state index in [-0.39, 0.29) is 10.8 Å². The molecule has 2 rings (SSSR count). The van der Waals surface area contributed by atoms with Crippen molar-refractivity contribution in [2.24, 2.45) is 4.99 Å². The van der Waals surface area contributed by atoms with Gasteiger partial charge in [0.1, 0.15) is 5.75 Å². The second-order valence-corrected chi connectivity index (χ2v) is 8.72. The van der Waals surface area contributed by atoms with Crippen LogP contribution in [0.1, 0.15) is 64.7 Å². The quantitative estimate of drug-likeness (QED) is 0.650. The smallest absolute Gasteiger partial charge is 0.122 e. The number of nitrogens with zero attached hydrogens (tertiary/aromatic N) is 1. The van der Waals surface area contributed by atoms with Gasteiger partial charge in [0, 0.05) is 6.21 Å². The Balaban J connectivity index is 2.25. The molecule has 0 aliphatic carbocycles. The minimum absolute atomic E-state index is 0.0561. The average molecular weight is 338 g/mol. The molecule has 2 heteroatoms. The Bertz CT molecular complexity index is 731. The summed E-state index contributed by atoms with van der Waals surface area (Å²) in [5, 5.41) is 10.8. The molecule has 0 radical (unpaired) electrons. The number of aryl methyl sites for hydroxylation is 1. The number of benzene rings is 2. The third-order valence-corrected chi connectivity index (χ3v) is 4.40. The van der Waals surface area contributed by atoms with Gasteiger partial charge in [0.2, 0.25) is 0 Å². The first kappa shape index (κ1) is 19.2. The number of para-hydroxylation sites is 1. The Morgan fingerprint density at radius 1 is 0.920 bits per heavy atom. The Labute approximate surface area is 152 Å². The van der Waals surface area contributed by atoms with Crippen molar-refractivity contribution < 1.29 is 5.11 Å². The van der Waals surface area contributed by atoms with Crippen LogP contribution in [0.5, 0.6) is 5.75 Å². The Kier molecular flexibility index (Phi) is 5.72. The molecule has 0 fully saturated rings. The van der Waals surface area contributed by atoms with Crippen molar-refractivity contribution in [1.82, 2.24) is 0 Å². The summed E-state index contributed by atoms with van der Waals surface area (Å²) in [6.45, 7) is 13.1. The zero-order chi connectivity index (χ0) is 18.7. The van der Waals surface area contributed by atoms with Crippen LogP contribution in [0.3, 0.4) is 0 Å². The topological polar surface area (TPSA) is 32.6 Å². The SMILES string of the molecule is CC(C)(C)c1cc(CCC=Nc2ccccc2)c(O)c(C(C)(C)C)c1. The fraction of sp³-hybridized carbons (Fsp3) is 0.435. The molecule has 0 saturated carbocycles. The van der Waals surface area contributed by atoms with Crippen molar-refractivity contribution in [3.8, 4) is 5.75 Å². The maximum Gasteiger partial charge on any atom is 0.122 e. The standard InChI is InChI=1S/C23H31NO/c1-22(2,3)18-15-17(21(25)20(16-18)23(4,5)6)11-10-14-24-19-12-8-7-9-13-19/h7-9,12-16,25H,10-11H2,1-6H3. The van der Waals surface area contributed by atoms with Gasteiger partial charge in [-0.2, -0.15) is 0 Å². The van der Waals surface area contributed by atoms with Gasteiger partial charge < -0.3 is 5.11 Å². The number of aliphatic imine (C=N–C) groups is 1. The minimum atomic E-state index is -0.0851. The van der Waals surface area contributed by atoms with Crippen molar-refractivity contribution in [2.45, 2.75) is 65.2 Å². The van der Waals surface area contributed by atoms with Crippen LogP contribution in [0.4, 0.5) is 5.69 Å². The van der Waals surface area contributed by atoms with Crippen LogP contribution < -0.4 is 0 Å². The molecule has 2 aromatic rings. The van der Waals surface area contributed by atoms with E-state index >= 15 is 0 Å². The summed E-state index contributed by atoms with van der Waals surface area (Å²) < 4.78 is 0. The number of aromatic hydroxyl groups is 1. The molecular formula is C23H31NO. The normalized spacial score (nSPS) is 12.7. The van der Waals surface area contributed by atoms with Crippen LogP contribution in [0.25, 0.3) is 0 Å². The average Bonchev–Trinajstić information content (AvgIpc) is 2.51. The monoisotopic (exact) mass is 337 g/mol. The van der Waals surface area contributed by atoms with Gasteiger partial charge in [-0.05, 0) is 52.5 Å². The van der Waals surface area contributed by atoms with E-state index in [1.54, 1.807) is 0 Å². The van der Waals surface area contributed by atoms with Crippen molar-refractivity contribution in [3.05, 3.63) is 59.2 Å². The predicted octanol–water partition coefficient (Wildman–Crippen LogP) is 6.32. The molecule has 0 heterocycles. The van der Waals surface area contributed by atoms with Gasteiger partial charge in [-0.3, -0.25) is 4.99 Å². The molecular weight excluding hydrogens is 306 g/mol. The lowest BCUT2D eigenvalue weighted by Gasteiger charge is -2.27. The molecule has 0 aliphatic rings. The Morgan fingerprint density at radius 3 is 2.12 bits per heavy atom. The lowest BCUT2D eigenvalue weighted by Crippen LogP contribution is -2.17. The molecule has 0 amide bonds. The zero-order valence-corrected chi connectivity index (χ0v) is 16.4. The molecule has 0 spiro atoms. The van der Waals surface area contributed by atoms with Crippen LogP contribution >= 0.6 is 0 Å². The minimum Gasteiger partial charge on any atom is -0.507 e. The van der Waals surface area contributed by atoms with Crippen LogP contribution in [0.15, 0.2) is 47.5 Å². The summed E-state index contributed by atoms with van der Waals surface area (Å²) in [4.78, 5) is 4.49. The van der Waals surface area contributed by atoms with Gasteiger partial charge >= 0.3 is 0 Å². The predicted molar refractivity (Wildman–Crippen MR) is 108 cm³/mol. The lowest BCUT2D eigenvalue weighted by molar-refractivity contribution is 0.438. The molecule has 0 atom stereocenters. The van der Waals surface area contributed by atoms with Crippen molar-refractivity contribution in [1.29, 1.82) is 0 Å². The molecule has 25 heavy (non-hydrogen) atoms. The highest BCUT2D eigenvalue weighted by molar-refractivity contribution is 5.64. The summed E-state index contributed by atoms with van der Waals surface area (Å²) >= 11 is 0. The maximum absolute atomic E-state index is 10.8. The van der Waals surface area contributed by atoms with Crippen LogP contribution in [-0.4, -0.2) is 11.3 Å². The lowest BCUT2D eigenvalue weighted by atomic mass is 9.78. The van der Waals surface area contributed by atoms with Crippen molar-refractivity contribution >= 4 is 11.9 Å². The summed E-state index contributed by atoms with van der Waals surface area (Å²) in [6.07, 6.45) is 3.53. The molecule has 2 aromatic carbocycles. The second kappa shape index (κ2) is 7.43. The third-order valence-electron chi connectivity index (χ3n) is 4.40. The summed E-state index contributed by atoms with van der Waals surface area (Å²) in [6, 6.07) is 14.3. The fourth-order valence-electron chi connectivity index (χ4n) is 2.79. The van der Waals surface area contributed by atoms with Gasteiger partial charge in [-0.1, -0.05) is 71.9 Å². The number of phenols is 1. The summed E-state index contributed by atoms with van der Waals surface area (Å²) in [5.74, 6) is 0.439. The van der Waals surface area contributed by atoms with E-state index in [1.807, 2.05) is 36.5 Å². The van der Waals surface area contributed by atoms with E-state index in [0.29, 0.717) is 5.75 Å². The highest BCUT2D eigenvalue weighted by Crippen LogP contribution is 2.38. The molecule has 2 nitrogen and oxygen atoms in total. The van der Waals surface area contributed by atoms with Crippen molar-refractivity contribution in [3.63, 3.8) is 0 Å². The molecule has 0 aliphatic heterocycles. The Hall–Kier alpha value is -2.09. The highest BCUT2D eigenvalue weighted by atomic mass is 16.3. The van der Waals surface area contributed by atoms with E-state index < -0.39 is 0 Å². The molecule has 0 saturated heterocycles. The number of hydrogen-bond donors (Lipinski definition) is 1. The first-order valence-corrected chi connectivity index (χ1v) is 9.03. The molecule has 1 N–H and O–H groups in total. The first-order chi connectivity index (χ1) is 11.6. The van der Waals surface area contributed by atoms with E-state index in [2.05, 4.69) is 58.7 Å². The van der Waals surface area contributed by atoms with Gasteiger partial charge in [-0.25, -0.2) is 0 Å². The Morgan fingerprint density at radius 2 is 1.56 bits per heavy atom. The number of rotatable bonds is 4. The second-order valence-electron chi connectivity index (χ2n) is 8.72. The van der Waals surface area contributed by atoms with Gasteiger partial charge in [-0.15, -0.1) is 0 Å². The molecule has 0 unspecified atom stereocenters. The van der Waals surface area contributed by atoms with E-state index in [1.165, 1.54) is 5.56 Å². The first-order valence-electron chi connectivity index (χ1n) is 9.03. The molecule has 134 valence electrons. The van der Waals surface area contributed by atoms with E-state index in [9.17, 15) is 5.11 Å². The van der Waals surface area contributed by atoms with Gasteiger partial charge in [0.25, 0.3) is 0 Å². The fourth-order valence-corrected chi connectivity index (χ4v) is 2.79. The van der Waals surface area contributed by atoms with Gasteiger partial charge in [0.05, 0.1) is 5.69 Å².